The van der Waals surface area contributed by atoms with Crippen LogP contribution in [0.1, 0.15) is 22.8 Å². The summed E-state index contributed by atoms with van der Waals surface area (Å²) in [4.78, 5) is 11.3. The predicted molar refractivity (Wildman–Crippen MR) is 49.2 cm³/mol. The van der Waals surface area contributed by atoms with E-state index in [-0.39, 0.29) is 12.3 Å². The summed E-state index contributed by atoms with van der Waals surface area (Å²) >= 11 is 0. The van der Waals surface area contributed by atoms with Gasteiger partial charge < -0.3 is 5.73 Å². The first-order valence-corrected chi connectivity index (χ1v) is 4.20. The van der Waals surface area contributed by atoms with Crippen LogP contribution >= 0.6 is 0 Å². The largest absolute Gasteiger partial charge is 0.324 e. The number of nitrogens with two attached hydrogens (primary N) is 1. The molecular formula is C10H12FNO. The Morgan fingerprint density at radius 1 is 1.54 bits per heavy atom. The maximum absolute atomic E-state index is 12.8. The Balaban J connectivity index is 3.15. The number of aryl methyl sites for hydroxylation is 1. The minimum absolute atomic E-state index is 0.0730. The van der Waals surface area contributed by atoms with Gasteiger partial charge in [0.25, 0.3) is 0 Å². The van der Waals surface area contributed by atoms with E-state index in [1.54, 1.807) is 6.07 Å². The van der Waals surface area contributed by atoms with Crippen molar-refractivity contribution in [1.82, 2.24) is 0 Å². The maximum atomic E-state index is 12.8. The number of hydrogen-bond donors (Lipinski definition) is 1. The zero-order valence-corrected chi connectivity index (χ0v) is 7.51. The second-order valence-electron chi connectivity index (χ2n) is 2.78. The van der Waals surface area contributed by atoms with Crippen molar-refractivity contribution < 1.29 is 9.18 Å². The first kappa shape index (κ1) is 9.86. The number of carbonyl (C=O) groups excluding carboxylic acids is 1. The highest BCUT2D eigenvalue weighted by Gasteiger charge is 2.09. The van der Waals surface area contributed by atoms with Crippen molar-refractivity contribution in [2.24, 2.45) is 5.73 Å². The summed E-state index contributed by atoms with van der Waals surface area (Å²) in [5, 5.41) is 0. The quantitative estimate of drug-likeness (QED) is 0.718. The highest BCUT2D eigenvalue weighted by atomic mass is 19.1. The van der Waals surface area contributed by atoms with E-state index in [0.717, 1.165) is 5.56 Å². The average Bonchev–Trinajstić information content (AvgIpc) is 2.16. The molecule has 3 heteroatoms. The first-order valence-electron chi connectivity index (χ1n) is 4.20. The number of Topliss-reactive ketones (excluding diaryl/α,β-unsaturated/α-hetero) is 1. The Morgan fingerprint density at radius 2 is 2.23 bits per heavy atom. The summed E-state index contributed by atoms with van der Waals surface area (Å²) in [5.41, 5.74) is 6.46. The van der Waals surface area contributed by atoms with Gasteiger partial charge in [-0.2, -0.15) is 0 Å². The van der Waals surface area contributed by atoms with Gasteiger partial charge >= 0.3 is 0 Å². The standard InChI is InChI=1S/C10H12FNO/c1-2-7-3-4-8(11)5-9(7)10(13)6-12/h3-5H,2,6,12H2,1H3. The van der Waals surface area contributed by atoms with Crippen molar-refractivity contribution >= 4 is 5.78 Å². The lowest BCUT2D eigenvalue weighted by Gasteiger charge is -2.04. The molecule has 0 fully saturated rings. The van der Waals surface area contributed by atoms with Gasteiger partial charge in [-0.25, -0.2) is 4.39 Å². The second-order valence-corrected chi connectivity index (χ2v) is 2.78. The van der Waals surface area contributed by atoms with Gasteiger partial charge in [0.05, 0.1) is 6.54 Å². The van der Waals surface area contributed by atoms with E-state index < -0.39 is 5.82 Å². The van der Waals surface area contributed by atoms with Crippen LogP contribution in [0.4, 0.5) is 4.39 Å². The fourth-order valence-corrected chi connectivity index (χ4v) is 1.23. The summed E-state index contributed by atoms with van der Waals surface area (Å²) < 4.78 is 12.8. The average molecular weight is 181 g/mol. The predicted octanol–water partition coefficient (Wildman–Crippen LogP) is 1.53. The molecule has 0 unspecified atom stereocenters. The molecule has 13 heavy (non-hydrogen) atoms. The maximum Gasteiger partial charge on any atom is 0.176 e. The van der Waals surface area contributed by atoms with Crippen molar-refractivity contribution in [1.29, 1.82) is 0 Å². The molecule has 2 nitrogen and oxygen atoms in total. The molecule has 0 aliphatic rings. The molecule has 0 aliphatic carbocycles. The van der Waals surface area contributed by atoms with Gasteiger partial charge in [0.1, 0.15) is 5.82 Å². The minimum Gasteiger partial charge on any atom is -0.324 e. The van der Waals surface area contributed by atoms with Crippen LogP contribution in [0.2, 0.25) is 0 Å². The Hall–Kier alpha value is -1.22. The monoisotopic (exact) mass is 181 g/mol. The van der Waals surface area contributed by atoms with E-state index in [1.807, 2.05) is 6.92 Å². The molecule has 0 saturated carbocycles. The zero-order chi connectivity index (χ0) is 9.84. The molecule has 0 aromatic heterocycles. The van der Waals surface area contributed by atoms with E-state index >= 15 is 0 Å². The molecule has 0 radical (unpaired) electrons. The van der Waals surface area contributed by atoms with Crippen molar-refractivity contribution in [3.8, 4) is 0 Å². The summed E-state index contributed by atoms with van der Waals surface area (Å²) in [6, 6.07) is 4.22. The van der Waals surface area contributed by atoms with Gasteiger partial charge in [0.2, 0.25) is 0 Å². The molecule has 0 amide bonds. The van der Waals surface area contributed by atoms with Gasteiger partial charge in [-0.05, 0) is 24.1 Å². The Bertz CT molecular complexity index is 323. The number of hydrogen-bond acceptors (Lipinski definition) is 2. The van der Waals surface area contributed by atoms with Crippen LogP contribution < -0.4 is 5.73 Å². The van der Waals surface area contributed by atoms with E-state index in [1.165, 1.54) is 12.1 Å². The van der Waals surface area contributed by atoms with Crippen LogP contribution in [-0.4, -0.2) is 12.3 Å². The molecule has 1 aromatic carbocycles. The molecule has 1 aromatic rings. The molecule has 0 atom stereocenters. The smallest absolute Gasteiger partial charge is 0.176 e. The molecule has 0 bridgehead atoms. The molecular weight excluding hydrogens is 169 g/mol. The Morgan fingerprint density at radius 3 is 2.77 bits per heavy atom. The van der Waals surface area contributed by atoms with Crippen LogP contribution in [0.25, 0.3) is 0 Å². The fourth-order valence-electron chi connectivity index (χ4n) is 1.23. The topological polar surface area (TPSA) is 43.1 Å². The summed E-state index contributed by atoms with van der Waals surface area (Å²) in [5.74, 6) is -0.606. The zero-order valence-electron chi connectivity index (χ0n) is 7.51. The van der Waals surface area contributed by atoms with Gasteiger partial charge in [-0.1, -0.05) is 13.0 Å². The van der Waals surface area contributed by atoms with Crippen molar-refractivity contribution in [2.45, 2.75) is 13.3 Å². The highest BCUT2D eigenvalue weighted by Crippen LogP contribution is 2.12. The Labute approximate surface area is 76.6 Å². The third-order valence-electron chi connectivity index (χ3n) is 1.94. The SMILES string of the molecule is CCc1ccc(F)cc1C(=O)CN. The van der Waals surface area contributed by atoms with Crippen LogP contribution in [0, 0.1) is 5.82 Å². The third kappa shape index (κ3) is 2.12. The molecule has 2 N–H and O–H groups in total. The van der Waals surface area contributed by atoms with Gasteiger partial charge in [-0.15, -0.1) is 0 Å². The lowest BCUT2D eigenvalue weighted by Crippen LogP contribution is -2.15. The van der Waals surface area contributed by atoms with E-state index in [4.69, 9.17) is 5.73 Å². The first-order chi connectivity index (χ1) is 6.19. The summed E-state index contributed by atoms with van der Waals surface area (Å²) in [7, 11) is 0. The highest BCUT2D eigenvalue weighted by molar-refractivity contribution is 5.98. The van der Waals surface area contributed by atoms with Crippen LogP contribution in [0.3, 0.4) is 0 Å². The number of benzene rings is 1. The Kier molecular flexibility index (Phi) is 3.14. The van der Waals surface area contributed by atoms with Crippen LogP contribution in [0.5, 0.6) is 0 Å². The second kappa shape index (κ2) is 4.14. The number of halogens is 1. The number of ketones is 1. The van der Waals surface area contributed by atoms with Gasteiger partial charge in [0.15, 0.2) is 5.78 Å². The fraction of sp³-hybridized carbons (Fsp3) is 0.300. The lowest BCUT2D eigenvalue weighted by atomic mass is 10.0. The third-order valence-corrected chi connectivity index (χ3v) is 1.94. The number of carbonyl (C=O) groups is 1. The van der Waals surface area contributed by atoms with Crippen LogP contribution in [0.15, 0.2) is 18.2 Å². The van der Waals surface area contributed by atoms with Crippen LogP contribution in [-0.2, 0) is 6.42 Å². The summed E-state index contributed by atoms with van der Waals surface area (Å²) in [6.45, 7) is 1.84. The normalized spacial score (nSPS) is 10.1. The molecule has 1 rings (SSSR count). The molecule has 0 spiro atoms. The van der Waals surface area contributed by atoms with Gasteiger partial charge in [0, 0.05) is 5.56 Å². The van der Waals surface area contributed by atoms with Crippen molar-refractivity contribution in [3.05, 3.63) is 35.1 Å². The lowest BCUT2D eigenvalue weighted by molar-refractivity contribution is 0.1000. The molecule has 0 heterocycles. The summed E-state index contributed by atoms with van der Waals surface area (Å²) in [6.07, 6.45) is 0.710. The molecule has 0 aliphatic heterocycles. The van der Waals surface area contributed by atoms with Crippen molar-refractivity contribution in [3.63, 3.8) is 0 Å². The molecule has 70 valence electrons. The van der Waals surface area contributed by atoms with Crippen molar-refractivity contribution in [2.75, 3.05) is 6.54 Å². The minimum atomic E-state index is -0.394. The van der Waals surface area contributed by atoms with E-state index in [2.05, 4.69) is 0 Å². The molecule has 0 saturated heterocycles. The van der Waals surface area contributed by atoms with E-state index in [0.29, 0.717) is 12.0 Å². The van der Waals surface area contributed by atoms with Gasteiger partial charge in [-0.3, -0.25) is 4.79 Å². The van der Waals surface area contributed by atoms with E-state index in [9.17, 15) is 9.18 Å². The number of rotatable bonds is 3.